The lowest BCUT2D eigenvalue weighted by Crippen LogP contribution is -2.24. The van der Waals surface area contributed by atoms with Gasteiger partial charge in [-0.1, -0.05) is 13.0 Å². The maximum Gasteiger partial charge on any atom is 0.159 e. The van der Waals surface area contributed by atoms with Gasteiger partial charge in [-0.3, -0.25) is 0 Å². The lowest BCUT2D eigenvalue weighted by molar-refractivity contribution is 0.107. The molecular formula is C18H17F2N3OS. The second kappa shape index (κ2) is 6.65. The van der Waals surface area contributed by atoms with Crippen LogP contribution in [0.2, 0.25) is 0 Å². The van der Waals surface area contributed by atoms with Crippen molar-refractivity contribution < 1.29 is 13.5 Å². The number of ether oxygens (including phenoxy) is 1. The fourth-order valence-corrected chi connectivity index (χ4v) is 3.88. The van der Waals surface area contributed by atoms with Crippen molar-refractivity contribution in [1.82, 2.24) is 9.97 Å². The average molecular weight is 361 g/mol. The number of hydrogen-bond acceptors (Lipinski definition) is 5. The molecule has 0 aliphatic carbocycles. The molecule has 2 atom stereocenters. The van der Waals surface area contributed by atoms with Gasteiger partial charge in [0, 0.05) is 13.0 Å². The third-order valence-corrected chi connectivity index (χ3v) is 5.18. The molecule has 0 spiro atoms. The standard InChI is InChI=1S/C18H17F2N3OS/c1-2-15-22-17(11-6-8-25-18(11)23-15)21-14-5-7-24-16(14)10-3-4-12(19)13(20)9-10/h3-4,6,8-9,14,16H,2,5,7H2,1H3,(H,21,22,23). The molecule has 2 aromatic heterocycles. The first kappa shape index (κ1) is 16.4. The van der Waals surface area contributed by atoms with E-state index in [-0.39, 0.29) is 12.1 Å². The van der Waals surface area contributed by atoms with E-state index >= 15 is 0 Å². The summed E-state index contributed by atoms with van der Waals surface area (Å²) in [4.78, 5) is 10.1. The number of thiophene rings is 1. The van der Waals surface area contributed by atoms with Crippen LogP contribution in [0.3, 0.4) is 0 Å². The van der Waals surface area contributed by atoms with Gasteiger partial charge in [0.1, 0.15) is 22.6 Å². The Bertz CT molecular complexity index is 914. The second-order valence-electron chi connectivity index (χ2n) is 5.99. The Kier molecular flexibility index (Phi) is 4.35. The van der Waals surface area contributed by atoms with Gasteiger partial charge in [0.05, 0.1) is 11.4 Å². The van der Waals surface area contributed by atoms with Gasteiger partial charge < -0.3 is 10.1 Å². The fourth-order valence-electron chi connectivity index (χ4n) is 3.10. The van der Waals surface area contributed by atoms with Gasteiger partial charge in [-0.2, -0.15) is 0 Å². The number of aryl methyl sites for hydroxylation is 1. The van der Waals surface area contributed by atoms with Crippen molar-refractivity contribution in [3.05, 3.63) is 52.7 Å². The van der Waals surface area contributed by atoms with Crippen molar-refractivity contribution in [2.24, 2.45) is 0 Å². The van der Waals surface area contributed by atoms with Crippen molar-refractivity contribution in [1.29, 1.82) is 0 Å². The van der Waals surface area contributed by atoms with Crippen LogP contribution in [0.15, 0.2) is 29.6 Å². The van der Waals surface area contributed by atoms with E-state index in [1.807, 2.05) is 18.4 Å². The number of nitrogens with one attached hydrogen (secondary N) is 1. The van der Waals surface area contributed by atoms with Crippen LogP contribution >= 0.6 is 11.3 Å². The summed E-state index contributed by atoms with van der Waals surface area (Å²) in [5.74, 6) is -0.163. The largest absolute Gasteiger partial charge is 0.371 e. The van der Waals surface area contributed by atoms with E-state index in [0.717, 1.165) is 40.8 Å². The van der Waals surface area contributed by atoms with E-state index in [0.29, 0.717) is 12.2 Å². The molecule has 0 bridgehead atoms. The number of hydrogen-bond donors (Lipinski definition) is 1. The Morgan fingerprint density at radius 2 is 2.12 bits per heavy atom. The third kappa shape index (κ3) is 3.09. The lowest BCUT2D eigenvalue weighted by Gasteiger charge is -2.21. The number of halogens is 2. The van der Waals surface area contributed by atoms with E-state index in [2.05, 4.69) is 15.3 Å². The smallest absolute Gasteiger partial charge is 0.159 e. The molecule has 3 heterocycles. The molecule has 2 unspecified atom stereocenters. The number of aromatic nitrogens is 2. The Labute approximate surface area is 147 Å². The minimum absolute atomic E-state index is 0.0624. The summed E-state index contributed by atoms with van der Waals surface area (Å²) in [6, 6.07) is 5.84. The Morgan fingerprint density at radius 1 is 1.24 bits per heavy atom. The van der Waals surface area contributed by atoms with Crippen LogP contribution in [0.4, 0.5) is 14.6 Å². The monoisotopic (exact) mass is 361 g/mol. The summed E-state index contributed by atoms with van der Waals surface area (Å²) in [5, 5.41) is 6.40. The lowest BCUT2D eigenvalue weighted by atomic mass is 10.0. The highest BCUT2D eigenvalue weighted by atomic mass is 32.1. The molecule has 0 radical (unpaired) electrons. The molecule has 130 valence electrons. The molecule has 0 saturated carbocycles. The van der Waals surface area contributed by atoms with Crippen LogP contribution < -0.4 is 5.32 Å². The molecule has 4 nitrogen and oxygen atoms in total. The summed E-state index contributed by atoms with van der Waals surface area (Å²) < 4.78 is 32.6. The molecule has 1 N–H and O–H groups in total. The van der Waals surface area contributed by atoms with E-state index in [1.54, 1.807) is 17.4 Å². The minimum atomic E-state index is -0.859. The molecule has 1 aliphatic heterocycles. The number of benzene rings is 1. The van der Waals surface area contributed by atoms with Crippen LogP contribution in [0.5, 0.6) is 0 Å². The molecular weight excluding hydrogens is 344 g/mol. The summed E-state index contributed by atoms with van der Waals surface area (Å²) in [7, 11) is 0. The highest BCUT2D eigenvalue weighted by Crippen LogP contribution is 2.34. The van der Waals surface area contributed by atoms with Gasteiger partial charge in [0.2, 0.25) is 0 Å². The molecule has 3 aromatic rings. The van der Waals surface area contributed by atoms with Gasteiger partial charge in [-0.15, -0.1) is 11.3 Å². The van der Waals surface area contributed by atoms with Gasteiger partial charge in [-0.05, 0) is 35.6 Å². The summed E-state index contributed by atoms with van der Waals surface area (Å²) >= 11 is 1.58. The highest BCUT2D eigenvalue weighted by Gasteiger charge is 2.31. The summed E-state index contributed by atoms with van der Waals surface area (Å²) in [5.41, 5.74) is 0.625. The zero-order chi connectivity index (χ0) is 17.4. The number of nitrogens with zero attached hydrogens (tertiary/aromatic N) is 2. The maximum absolute atomic E-state index is 13.6. The zero-order valence-corrected chi connectivity index (χ0v) is 14.4. The predicted octanol–water partition coefficient (Wildman–Crippen LogP) is 4.47. The normalized spacial score (nSPS) is 20.3. The Balaban J connectivity index is 1.65. The number of rotatable bonds is 4. The van der Waals surface area contributed by atoms with E-state index in [9.17, 15) is 8.78 Å². The number of fused-ring (bicyclic) bond motifs is 1. The quantitative estimate of drug-likeness (QED) is 0.745. The van der Waals surface area contributed by atoms with Gasteiger partial charge >= 0.3 is 0 Å². The average Bonchev–Trinajstić information content (AvgIpc) is 3.26. The second-order valence-corrected chi connectivity index (χ2v) is 6.88. The molecule has 4 rings (SSSR count). The van der Waals surface area contributed by atoms with Crippen LogP contribution in [-0.2, 0) is 11.2 Å². The van der Waals surface area contributed by atoms with Crippen LogP contribution in [0.25, 0.3) is 10.2 Å². The topological polar surface area (TPSA) is 47.0 Å². The van der Waals surface area contributed by atoms with Gasteiger partial charge in [0.25, 0.3) is 0 Å². The van der Waals surface area contributed by atoms with Crippen LogP contribution in [0, 0.1) is 11.6 Å². The molecule has 0 amide bonds. The van der Waals surface area contributed by atoms with Crippen LogP contribution in [-0.4, -0.2) is 22.6 Å². The highest BCUT2D eigenvalue weighted by molar-refractivity contribution is 7.16. The first-order valence-corrected chi connectivity index (χ1v) is 9.11. The minimum Gasteiger partial charge on any atom is -0.371 e. The van der Waals surface area contributed by atoms with Gasteiger partial charge in [0.15, 0.2) is 11.6 Å². The van der Waals surface area contributed by atoms with Crippen molar-refractivity contribution >= 4 is 27.4 Å². The van der Waals surface area contributed by atoms with E-state index in [1.165, 1.54) is 6.07 Å². The summed E-state index contributed by atoms with van der Waals surface area (Å²) in [6.45, 7) is 2.57. The van der Waals surface area contributed by atoms with Gasteiger partial charge in [-0.25, -0.2) is 18.7 Å². The first-order chi connectivity index (χ1) is 12.2. The van der Waals surface area contributed by atoms with E-state index < -0.39 is 11.6 Å². The fraction of sp³-hybridized carbons (Fsp3) is 0.333. The summed E-state index contributed by atoms with van der Waals surface area (Å²) in [6.07, 6.45) is 1.17. The SMILES string of the molecule is CCc1nc(NC2CCOC2c2ccc(F)c(F)c2)c2ccsc2n1. The molecule has 1 fully saturated rings. The van der Waals surface area contributed by atoms with Crippen molar-refractivity contribution in [2.75, 3.05) is 11.9 Å². The molecule has 1 aliphatic rings. The predicted molar refractivity (Wildman–Crippen MR) is 93.9 cm³/mol. The molecule has 7 heteroatoms. The van der Waals surface area contributed by atoms with Crippen molar-refractivity contribution in [3.8, 4) is 0 Å². The third-order valence-electron chi connectivity index (χ3n) is 4.37. The van der Waals surface area contributed by atoms with E-state index in [4.69, 9.17) is 4.74 Å². The Hall–Kier alpha value is -2.12. The first-order valence-electron chi connectivity index (χ1n) is 8.23. The van der Waals surface area contributed by atoms with Crippen molar-refractivity contribution in [2.45, 2.75) is 31.9 Å². The molecule has 25 heavy (non-hydrogen) atoms. The van der Waals surface area contributed by atoms with Crippen molar-refractivity contribution in [3.63, 3.8) is 0 Å². The number of anilines is 1. The Morgan fingerprint density at radius 3 is 2.92 bits per heavy atom. The maximum atomic E-state index is 13.6. The molecule has 1 saturated heterocycles. The van der Waals surface area contributed by atoms with Crippen LogP contribution in [0.1, 0.15) is 30.8 Å². The molecule has 1 aromatic carbocycles. The zero-order valence-electron chi connectivity index (χ0n) is 13.6.